The van der Waals surface area contributed by atoms with Gasteiger partial charge in [-0.05, 0) is 30.7 Å². The number of nitrogens with one attached hydrogen (secondary N) is 2. The first-order valence-electron chi connectivity index (χ1n) is 8.40. The number of hydrogen-bond donors (Lipinski definition) is 2. The van der Waals surface area contributed by atoms with Gasteiger partial charge in [0.05, 0.1) is 4.92 Å². The quantitative estimate of drug-likeness (QED) is 0.504. The largest absolute Gasteiger partial charge is 0.488 e. The van der Waals surface area contributed by atoms with Crippen LogP contribution in [0.25, 0.3) is 12.2 Å². The zero-order valence-electron chi connectivity index (χ0n) is 15.0. The monoisotopic (exact) mass is 379 g/mol. The third kappa shape index (κ3) is 4.42. The molecule has 0 aliphatic heterocycles. The van der Waals surface area contributed by atoms with Crippen LogP contribution in [0.5, 0.6) is 5.75 Å². The molecule has 3 rings (SSSR count). The summed E-state index contributed by atoms with van der Waals surface area (Å²) in [6, 6.07) is 15.0. The summed E-state index contributed by atoms with van der Waals surface area (Å²) < 4.78 is 5.87. The highest BCUT2D eigenvalue weighted by Crippen LogP contribution is 2.22. The smallest absolute Gasteiger partial charge is 0.357 e. The first-order valence-corrected chi connectivity index (χ1v) is 8.40. The van der Waals surface area contributed by atoms with E-state index in [0.717, 1.165) is 11.1 Å². The molecule has 0 atom stereocenters. The van der Waals surface area contributed by atoms with Crippen molar-refractivity contribution in [2.24, 2.45) is 0 Å². The predicted octanol–water partition coefficient (Wildman–Crippen LogP) is 3.03. The van der Waals surface area contributed by atoms with Crippen molar-refractivity contribution >= 4 is 17.8 Å². The van der Waals surface area contributed by atoms with Crippen LogP contribution in [0.2, 0.25) is 0 Å². The van der Waals surface area contributed by atoms with E-state index in [-0.39, 0.29) is 5.69 Å². The zero-order valence-corrected chi connectivity index (χ0v) is 15.0. The summed E-state index contributed by atoms with van der Waals surface area (Å²) in [5, 5.41) is 11.1. The van der Waals surface area contributed by atoms with Crippen molar-refractivity contribution < 1.29 is 9.66 Å². The van der Waals surface area contributed by atoms with Crippen LogP contribution in [0.4, 0.5) is 5.69 Å². The number of benzene rings is 2. The number of para-hydroxylation sites is 1. The Morgan fingerprint density at radius 1 is 1.07 bits per heavy atom. The van der Waals surface area contributed by atoms with E-state index in [1.54, 1.807) is 30.3 Å². The standard InChI is InChI=1S/C20H17N3O5/c1-13-5-4-6-14(11-13)12-28-17-8-3-2-7-15(17)9-10-16-18(23(26)27)19(24)22-20(25)21-16/h2-11H,12H2,1H3,(H2,21,22,24,25)/b10-9-. The van der Waals surface area contributed by atoms with Gasteiger partial charge in [-0.25, -0.2) is 4.79 Å². The highest BCUT2D eigenvalue weighted by molar-refractivity contribution is 5.74. The summed E-state index contributed by atoms with van der Waals surface area (Å²) in [4.78, 5) is 37.6. The Morgan fingerprint density at radius 3 is 2.61 bits per heavy atom. The van der Waals surface area contributed by atoms with Crippen molar-refractivity contribution in [2.45, 2.75) is 13.5 Å². The first-order chi connectivity index (χ1) is 13.4. The Hall–Kier alpha value is -3.94. The minimum atomic E-state index is -1.06. The number of H-pyrrole nitrogens is 2. The molecule has 0 amide bonds. The van der Waals surface area contributed by atoms with Gasteiger partial charge in [-0.15, -0.1) is 0 Å². The summed E-state index contributed by atoms with van der Waals surface area (Å²) in [5.41, 5.74) is -0.0170. The number of aromatic nitrogens is 2. The minimum absolute atomic E-state index is 0.188. The number of nitrogens with zero attached hydrogens (tertiary/aromatic N) is 1. The Morgan fingerprint density at radius 2 is 1.86 bits per heavy atom. The topological polar surface area (TPSA) is 118 Å². The fraction of sp³-hybridized carbons (Fsp3) is 0.100. The van der Waals surface area contributed by atoms with Gasteiger partial charge in [0.2, 0.25) is 0 Å². The summed E-state index contributed by atoms with van der Waals surface area (Å²) in [7, 11) is 0. The molecule has 1 heterocycles. The average molecular weight is 379 g/mol. The maximum atomic E-state index is 11.7. The maximum absolute atomic E-state index is 11.7. The lowest BCUT2D eigenvalue weighted by Gasteiger charge is -2.09. The molecule has 0 aliphatic rings. The molecule has 0 radical (unpaired) electrons. The number of hydrogen-bond acceptors (Lipinski definition) is 5. The molecule has 1 aromatic heterocycles. The van der Waals surface area contributed by atoms with Crippen LogP contribution < -0.4 is 16.0 Å². The second-order valence-corrected chi connectivity index (χ2v) is 6.08. The van der Waals surface area contributed by atoms with Gasteiger partial charge in [0.25, 0.3) is 0 Å². The van der Waals surface area contributed by atoms with Crippen LogP contribution in [0.15, 0.2) is 58.1 Å². The van der Waals surface area contributed by atoms with Crippen molar-refractivity contribution in [1.82, 2.24) is 9.97 Å². The normalized spacial score (nSPS) is 10.9. The summed E-state index contributed by atoms with van der Waals surface area (Å²) in [6.45, 7) is 2.35. The van der Waals surface area contributed by atoms with Gasteiger partial charge in [0.1, 0.15) is 18.1 Å². The van der Waals surface area contributed by atoms with Crippen molar-refractivity contribution in [3.8, 4) is 5.75 Å². The Kier molecular flexibility index (Phi) is 5.50. The summed E-state index contributed by atoms with van der Waals surface area (Å²) in [5.74, 6) is 0.565. The van der Waals surface area contributed by atoms with Gasteiger partial charge < -0.3 is 9.72 Å². The molecule has 0 unspecified atom stereocenters. The molecule has 8 nitrogen and oxygen atoms in total. The fourth-order valence-corrected chi connectivity index (χ4v) is 2.69. The lowest BCUT2D eigenvalue weighted by molar-refractivity contribution is -0.386. The minimum Gasteiger partial charge on any atom is -0.488 e. The second-order valence-electron chi connectivity index (χ2n) is 6.08. The predicted molar refractivity (Wildman–Crippen MR) is 105 cm³/mol. The SMILES string of the molecule is Cc1cccc(COc2ccccc2/C=C\c2[nH]c(=O)[nH]c(=O)c2[N+](=O)[O-])c1. The molecule has 3 aromatic rings. The molecule has 0 spiro atoms. The van der Waals surface area contributed by atoms with Crippen molar-refractivity contribution in [2.75, 3.05) is 0 Å². The maximum Gasteiger partial charge on any atom is 0.357 e. The van der Waals surface area contributed by atoms with Gasteiger partial charge in [0, 0.05) is 5.56 Å². The van der Waals surface area contributed by atoms with E-state index in [9.17, 15) is 19.7 Å². The summed E-state index contributed by atoms with van der Waals surface area (Å²) >= 11 is 0. The number of aryl methyl sites for hydroxylation is 1. The van der Waals surface area contributed by atoms with Crippen molar-refractivity contribution in [3.05, 3.63) is 102 Å². The van der Waals surface area contributed by atoms with E-state index in [1.807, 2.05) is 36.2 Å². The van der Waals surface area contributed by atoms with E-state index >= 15 is 0 Å². The van der Waals surface area contributed by atoms with E-state index in [1.165, 1.54) is 6.08 Å². The Bertz CT molecular complexity index is 1160. The molecule has 28 heavy (non-hydrogen) atoms. The highest BCUT2D eigenvalue weighted by atomic mass is 16.6. The molecule has 0 aliphatic carbocycles. The molecule has 2 aromatic carbocycles. The second kappa shape index (κ2) is 8.17. The molecule has 2 N–H and O–H groups in total. The zero-order chi connectivity index (χ0) is 20.1. The molecule has 142 valence electrons. The summed E-state index contributed by atoms with van der Waals surface area (Å²) in [6.07, 6.45) is 2.85. The fourth-order valence-electron chi connectivity index (χ4n) is 2.69. The van der Waals surface area contributed by atoms with Crippen LogP contribution >= 0.6 is 0 Å². The van der Waals surface area contributed by atoms with E-state index in [2.05, 4.69) is 4.98 Å². The van der Waals surface area contributed by atoms with Gasteiger partial charge >= 0.3 is 16.9 Å². The molecule has 0 saturated carbocycles. The van der Waals surface area contributed by atoms with E-state index in [0.29, 0.717) is 17.9 Å². The molecule has 0 saturated heterocycles. The van der Waals surface area contributed by atoms with Gasteiger partial charge in [-0.3, -0.25) is 19.9 Å². The van der Waals surface area contributed by atoms with Crippen LogP contribution in [-0.4, -0.2) is 14.9 Å². The Balaban J connectivity index is 1.89. The molecule has 0 fully saturated rings. The lowest BCUT2D eigenvalue weighted by atomic mass is 10.1. The van der Waals surface area contributed by atoms with Crippen LogP contribution in [0.3, 0.4) is 0 Å². The third-order valence-electron chi connectivity index (χ3n) is 3.95. The first kappa shape index (κ1) is 18.8. The van der Waals surface area contributed by atoms with Crippen LogP contribution in [0.1, 0.15) is 22.4 Å². The average Bonchev–Trinajstić information content (AvgIpc) is 2.64. The molecule has 0 bridgehead atoms. The van der Waals surface area contributed by atoms with Gasteiger partial charge in [0.15, 0.2) is 0 Å². The van der Waals surface area contributed by atoms with Crippen LogP contribution in [-0.2, 0) is 6.61 Å². The number of nitro groups is 1. The van der Waals surface area contributed by atoms with Crippen molar-refractivity contribution in [1.29, 1.82) is 0 Å². The van der Waals surface area contributed by atoms with Gasteiger partial charge in [-0.2, -0.15) is 0 Å². The molecular weight excluding hydrogens is 362 g/mol. The highest BCUT2D eigenvalue weighted by Gasteiger charge is 2.18. The Labute approximate surface area is 159 Å². The number of ether oxygens (including phenoxy) is 1. The lowest BCUT2D eigenvalue weighted by Crippen LogP contribution is -2.25. The molecular formula is C20H17N3O5. The van der Waals surface area contributed by atoms with Crippen molar-refractivity contribution in [3.63, 3.8) is 0 Å². The third-order valence-corrected chi connectivity index (χ3v) is 3.95. The van der Waals surface area contributed by atoms with Crippen LogP contribution in [0, 0.1) is 17.0 Å². The number of aromatic amines is 2. The molecule has 8 heteroatoms. The van der Waals surface area contributed by atoms with E-state index < -0.39 is 21.9 Å². The van der Waals surface area contributed by atoms with Gasteiger partial charge in [-0.1, -0.05) is 48.0 Å². The number of rotatable bonds is 6. The van der Waals surface area contributed by atoms with E-state index in [4.69, 9.17) is 4.74 Å².